The number of rotatable bonds is 0. The molecule has 13 heavy (non-hydrogen) atoms. The molecule has 0 aliphatic carbocycles. The second-order valence-corrected chi connectivity index (χ2v) is 3.04. The molecule has 1 amide bonds. The summed E-state index contributed by atoms with van der Waals surface area (Å²) >= 11 is 0. The molecule has 1 heterocycles. The lowest BCUT2D eigenvalue weighted by molar-refractivity contribution is 0.202. The molecular weight excluding hydrogens is 168 g/mol. The van der Waals surface area contributed by atoms with Crippen LogP contribution in [-0.2, 0) is 6.42 Å². The lowest BCUT2D eigenvalue weighted by Crippen LogP contribution is -2.27. The summed E-state index contributed by atoms with van der Waals surface area (Å²) in [5.41, 5.74) is 7.91. The predicted octanol–water partition coefficient (Wildman–Crippen LogP) is 1.31. The highest BCUT2D eigenvalue weighted by atomic mass is 16.4. The Bertz CT molecular complexity index is 363. The van der Waals surface area contributed by atoms with Gasteiger partial charge in [-0.1, -0.05) is 12.1 Å². The molecule has 0 aromatic heterocycles. The molecule has 0 atom stereocenters. The van der Waals surface area contributed by atoms with E-state index in [1.54, 1.807) is 6.07 Å². The molecule has 0 radical (unpaired) electrons. The van der Waals surface area contributed by atoms with E-state index in [0.29, 0.717) is 17.9 Å². The topological polar surface area (TPSA) is 66.6 Å². The number of nitrogens with zero attached hydrogens (tertiary/aromatic N) is 1. The molecule has 0 spiro atoms. The van der Waals surface area contributed by atoms with Gasteiger partial charge in [-0.05, 0) is 18.1 Å². The largest absolute Gasteiger partial charge is 0.465 e. The van der Waals surface area contributed by atoms with Gasteiger partial charge in [-0.15, -0.1) is 0 Å². The van der Waals surface area contributed by atoms with Crippen LogP contribution in [0.1, 0.15) is 5.56 Å². The number of nitrogens with two attached hydrogens (primary N) is 1. The summed E-state index contributed by atoms with van der Waals surface area (Å²) in [7, 11) is 0. The maximum atomic E-state index is 10.8. The van der Waals surface area contributed by atoms with E-state index in [9.17, 15) is 4.79 Å². The van der Waals surface area contributed by atoms with E-state index >= 15 is 0 Å². The summed E-state index contributed by atoms with van der Waals surface area (Å²) in [4.78, 5) is 12.1. The zero-order chi connectivity index (χ0) is 9.42. The summed E-state index contributed by atoms with van der Waals surface area (Å²) in [5.74, 6) is 0. The molecule has 2 rings (SSSR count). The number of nitrogen functional groups attached to an aromatic ring is 1. The number of carbonyl (C=O) groups is 1. The van der Waals surface area contributed by atoms with E-state index in [0.717, 1.165) is 12.0 Å². The van der Waals surface area contributed by atoms with E-state index in [2.05, 4.69) is 0 Å². The van der Waals surface area contributed by atoms with Crippen LogP contribution in [0.5, 0.6) is 0 Å². The van der Waals surface area contributed by atoms with Crippen molar-refractivity contribution in [3.8, 4) is 0 Å². The molecule has 0 bridgehead atoms. The normalized spacial score (nSPS) is 14.3. The highest BCUT2D eigenvalue weighted by Crippen LogP contribution is 2.33. The van der Waals surface area contributed by atoms with E-state index < -0.39 is 6.09 Å². The molecule has 3 N–H and O–H groups in total. The number of anilines is 2. The average molecular weight is 178 g/mol. The number of carboxylic acid groups (broad SMARTS) is 1. The predicted molar refractivity (Wildman–Crippen MR) is 49.9 cm³/mol. The molecule has 0 saturated carbocycles. The molecule has 4 nitrogen and oxygen atoms in total. The molecule has 1 aliphatic rings. The highest BCUT2D eigenvalue weighted by Gasteiger charge is 2.25. The summed E-state index contributed by atoms with van der Waals surface area (Å²) in [6, 6.07) is 5.48. The Morgan fingerprint density at radius 2 is 2.31 bits per heavy atom. The molecule has 0 fully saturated rings. The minimum Gasteiger partial charge on any atom is -0.465 e. The van der Waals surface area contributed by atoms with Crippen molar-refractivity contribution >= 4 is 17.5 Å². The number of amides is 1. The van der Waals surface area contributed by atoms with Gasteiger partial charge in [0.2, 0.25) is 0 Å². The van der Waals surface area contributed by atoms with Crippen LogP contribution < -0.4 is 10.6 Å². The van der Waals surface area contributed by atoms with Crippen molar-refractivity contribution in [2.24, 2.45) is 0 Å². The van der Waals surface area contributed by atoms with E-state index in [-0.39, 0.29) is 0 Å². The Hall–Kier alpha value is -1.71. The quantitative estimate of drug-likeness (QED) is 0.588. The first-order valence-corrected chi connectivity index (χ1v) is 4.08. The molecule has 0 unspecified atom stereocenters. The SMILES string of the molecule is Nc1cccc2c1N(C(=O)O)CC2. The smallest absolute Gasteiger partial charge is 0.411 e. The van der Waals surface area contributed by atoms with Crippen LogP contribution in [0.3, 0.4) is 0 Å². The third-order valence-corrected chi connectivity index (χ3v) is 2.26. The maximum absolute atomic E-state index is 10.8. The fourth-order valence-electron chi connectivity index (χ4n) is 1.68. The van der Waals surface area contributed by atoms with Gasteiger partial charge in [0, 0.05) is 6.54 Å². The minimum absolute atomic E-state index is 0.513. The van der Waals surface area contributed by atoms with Crippen LogP contribution in [0, 0.1) is 0 Å². The van der Waals surface area contributed by atoms with Crippen molar-refractivity contribution in [2.45, 2.75) is 6.42 Å². The number of hydrogen-bond donors (Lipinski definition) is 2. The average Bonchev–Trinajstić information content (AvgIpc) is 2.49. The van der Waals surface area contributed by atoms with Crippen LogP contribution in [0.25, 0.3) is 0 Å². The van der Waals surface area contributed by atoms with Gasteiger partial charge in [0.25, 0.3) is 0 Å². The van der Waals surface area contributed by atoms with Gasteiger partial charge in [-0.3, -0.25) is 4.90 Å². The zero-order valence-corrected chi connectivity index (χ0v) is 7.03. The van der Waals surface area contributed by atoms with Crippen molar-refractivity contribution in [3.63, 3.8) is 0 Å². The fraction of sp³-hybridized carbons (Fsp3) is 0.222. The zero-order valence-electron chi connectivity index (χ0n) is 7.03. The standard InChI is InChI=1S/C9H10N2O2/c10-7-3-1-2-6-4-5-11(8(6)7)9(12)13/h1-3H,4-5,10H2,(H,12,13). The summed E-state index contributed by atoms with van der Waals surface area (Å²) in [6.45, 7) is 0.513. The first kappa shape index (κ1) is 7.91. The Balaban J connectivity index is 2.52. The van der Waals surface area contributed by atoms with Gasteiger partial charge < -0.3 is 10.8 Å². The number of hydrogen-bond acceptors (Lipinski definition) is 2. The first-order chi connectivity index (χ1) is 6.20. The van der Waals surface area contributed by atoms with Crippen molar-refractivity contribution in [1.82, 2.24) is 0 Å². The Labute approximate surface area is 75.6 Å². The molecular formula is C9H10N2O2. The Kier molecular flexibility index (Phi) is 1.62. The maximum Gasteiger partial charge on any atom is 0.411 e. The second kappa shape index (κ2) is 2.65. The molecule has 1 aliphatic heterocycles. The minimum atomic E-state index is -0.934. The Morgan fingerprint density at radius 3 is 3.00 bits per heavy atom. The van der Waals surface area contributed by atoms with Gasteiger partial charge >= 0.3 is 6.09 Å². The summed E-state index contributed by atoms with van der Waals surface area (Å²) in [6.07, 6.45) is -0.177. The lowest BCUT2D eigenvalue weighted by atomic mass is 10.1. The highest BCUT2D eigenvalue weighted by molar-refractivity contribution is 5.93. The van der Waals surface area contributed by atoms with Crippen molar-refractivity contribution < 1.29 is 9.90 Å². The number of fused-ring (bicyclic) bond motifs is 1. The van der Waals surface area contributed by atoms with Gasteiger partial charge in [0.1, 0.15) is 0 Å². The molecule has 68 valence electrons. The van der Waals surface area contributed by atoms with Gasteiger partial charge in [0.15, 0.2) is 0 Å². The first-order valence-electron chi connectivity index (χ1n) is 4.08. The van der Waals surface area contributed by atoms with Crippen LogP contribution >= 0.6 is 0 Å². The number of benzene rings is 1. The summed E-state index contributed by atoms with van der Waals surface area (Å²) < 4.78 is 0. The van der Waals surface area contributed by atoms with Crippen LogP contribution in [-0.4, -0.2) is 17.7 Å². The van der Waals surface area contributed by atoms with Crippen molar-refractivity contribution in [1.29, 1.82) is 0 Å². The van der Waals surface area contributed by atoms with E-state index in [1.165, 1.54) is 4.90 Å². The van der Waals surface area contributed by atoms with Gasteiger partial charge in [0.05, 0.1) is 11.4 Å². The Morgan fingerprint density at radius 1 is 1.54 bits per heavy atom. The molecule has 4 heteroatoms. The van der Waals surface area contributed by atoms with Crippen molar-refractivity contribution in [2.75, 3.05) is 17.2 Å². The van der Waals surface area contributed by atoms with Gasteiger partial charge in [-0.2, -0.15) is 0 Å². The van der Waals surface area contributed by atoms with Crippen LogP contribution in [0.2, 0.25) is 0 Å². The fourth-order valence-corrected chi connectivity index (χ4v) is 1.68. The van der Waals surface area contributed by atoms with Crippen molar-refractivity contribution in [3.05, 3.63) is 23.8 Å². The lowest BCUT2D eigenvalue weighted by Gasteiger charge is -2.14. The van der Waals surface area contributed by atoms with Crippen LogP contribution in [0.4, 0.5) is 16.2 Å². The van der Waals surface area contributed by atoms with E-state index in [1.807, 2.05) is 12.1 Å². The van der Waals surface area contributed by atoms with Crippen LogP contribution in [0.15, 0.2) is 18.2 Å². The molecule has 0 saturated heterocycles. The number of para-hydroxylation sites is 1. The third-order valence-electron chi connectivity index (χ3n) is 2.26. The molecule has 1 aromatic rings. The van der Waals surface area contributed by atoms with Gasteiger partial charge in [-0.25, -0.2) is 4.79 Å². The summed E-state index contributed by atoms with van der Waals surface area (Å²) in [5, 5.41) is 8.85. The van der Waals surface area contributed by atoms with E-state index in [4.69, 9.17) is 10.8 Å². The molecule has 1 aromatic carbocycles. The second-order valence-electron chi connectivity index (χ2n) is 3.04. The third kappa shape index (κ3) is 1.11. The monoisotopic (exact) mass is 178 g/mol.